The number of pyridine rings is 1. The Hall–Kier alpha value is -2.88. The van der Waals surface area contributed by atoms with Gasteiger partial charge in [0.2, 0.25) is 0 Å². The molecule has 0 unspecified atom stereocenters. The normalized spacial score (nSPS) is 10.5. The van der Waals surface area contributed by atoms with Crippen LogP contribution in [-0.4, -0.2) is 15.9 Å². The second kappa shape index (κ2) is 5.25. The zero-order chi connectivity index (χ0) is 14.8. The van der Waals surface area contributed by atoms with Crippen molar-refractivity contribution in [1.29, 1.82) is 0 Å². The first kappa shape index (κ1) is 13.1. The molecule has 3 rings (SSSR count). The number of rotatable bonds is 3. The molecule has 3 aromatic rings. The first-order valence-electron chi connectivity index (χ1n) is 6.64. The number of amides is 1. The van der Waals surface area contributed by atoms with E-state index in [9.17, 15) is 4.79 Å². The minimum absolute atomic E-state index is 0.194. The van der Waals surface area contributed by atoms with Crippen LogP contribution in [0.5, 0.6) is 0 Å². The Bertz CT molecular complexity index is 818. The Morgan fingerprint density at radius 2 is 2.00 bits per heavy atom. The quantitative estimate of drug-likeness (QED) is 0.716. The molecule has 0 spiro atoms. The summed E-state index contributed by atoms with van der Waals surface area (Å²) in [5, 5.41) is 3.71. The van der Waals surface area contributed by atoms with E-state index in [1.807, 2.05) is 42.6 Å². The summed E-state index contributed by atoms with van der Waals surface area (Å²) in [6.45, 7) is 5.32. The van der Waals surface area contributed by atoms with E-state index in [2.05, 4.69) is 21.9 Å². The molecule has 0 atom stereocenters. The van der Waals surface area contributed by atoms with Crippen LogP contribution in [0.2, 0.25) is 0 Å². The van der Waals surface area contributed by atoms with Crippen LogP contribution in [0.25, 0.3) is 22.2 Å². The molecule has 2 heterocycles. The van der Waals surface area contributed by atoms with Gasteiger partial charge >= 0.3 is 0 Å². The van der Waals surface area contributed by atoms with Gasteiger partial charge < -0.3 is 10.3 Å². The Morgan fingerprint density at radius 1 is 1.24 bits per heavy atom. The average molecular weight is 277 g/mol. The minimum Gasteiger partial charge on any atom is -0.344 e. The number of benzene rings is 1. The molecule has 104 valence electrons. The van der Waals surface area contributed by atoms with Gasteiger partial charge in [0.05, 0.1) is 5.69 Å². The Labute approximate surface area is 122 Å². The molecule has 0 aliphatic rings. The standard InChI is InChI=1S/C17H15N3O/c1-11(2)17(21)20-15-10-19-16-14(15)8-13(9-18-16)12-6-4-3-5-7-12/h3-10H,1H2,2H3,(H,18,19)(H,20,21). The van der Waals surface area contributed by atoms with Gasteiger partial charge in [0.1, 0.15) is 5.65 Å². The number of carbonyl (C=O) groups is 1. The maximum atomic E-state index is 11.8. The van der Waals surface area contributed by atoms with Crippen LogP contribution in [0.1, 0.15) is 6.92 Å². The molecule has 0 saturated heterocycles. The molecule has 4 nitrogen and oxygen atoms in total. The molecule has 21 heavy (non-hydrogen) atoms. The van der Waals surface area contributed by atoms with E-state index in [4.69, 9.17) is 0 Å². The highest BCUT2D eigenvalue weighted by Gasteiger charge is 2.10. The van der Waals surface area contributed by atoms with E-state index < -0.39 is 0 Å². The van der Waals surface area contributed by atoms with Crippen LogP contribution in [0.4, 0.5) is 5.69 Å². The molecule has 0 bridgehead atoms. The first-order chi connectivity index (χ1) is 10.1. The first-order valence-corrected chi connectivity index (χ1v) is 6.64. The lowest BCUT2D eigenvalue weighted by Crippen LogP contribution is -2.11. The zero-order valence-corrected chi connectivity index (χ0v) is 11.7. The summed E-state index contributed by atoms with van der Waals surface area (Å²) in [5.74, 6) is -0.194. The largest absolute Gasteiger partial charge is 0.344 e. The maximum Gasteiger partial charge on any atom is 0.250 e. The molecule has 0 aliphatic heterocycles. The van der Waals surface area contributed by atoms with Crippen molar-refractivity contribution in [2.45, 2.75) is 6.92 Å². The lowest BCUT2D eigenvalue weighted by molar-refractivity contribution is -0.112. The molecule has 2 aromatic heterocycles. The fourth-order valence-electron chi connectivity index (χ4n) is 2.12. The number of hydrogen-bond donors (Lipinski definition) is 2. The van der Waals surface area contributed by atoms with Crippen LogP contribution in [0.15, 0.2) is 60.9 Å². The third kappa shape index (κ3) is 2.56. The molecule has 0 fully saturated rings. The lowest BCUT2D eigenvalue weighted by Gasteiger charge is -2.04. The number of nitrogens with zero attached hydrogens (tertiary/aromatic N) is 1. The second-order valence-corrected chi connectivity index (χ2v) is 4.92. The maximum absolute atomic E-state index is 11.8. The predicted octanol–water partition coefficient (Wildman–Crippen LogP) is 3.74. The molecule has 4 heteroatoms. The summed E-state index contributed by atoms with van der Waals surface area (Å²) in [4.78, 5) is 19.2. The van der Waals surface area contributed by atoms with Gasteiger partial charge in [0.25, 0.3) is 5.91 Å². The number of hydrogen-bond acceptors (Lipinski definition) is 2. The van der Waals surface area contributed by atoms with Crippen molar-refractivity contribution in [1.82, 2.24) is 9.97 Å². The van der Waals surface area contributed by atoms with Crippen molar-refractivity contribution in [2.75, 3.05) is 5.32 Å². The fourth-order valence-corrected chi connectivity index (χ4v) is 2.12. The van der Waals surface area contributed by atoms with E-state index in [1.165, 1.54) is 0 Å². The lowest BCUT2D eigenvalue weighted by atomic mass is 10.1. The van der Waals surface area contributed by atoms with Crippen LogP contribution >= 0.6 is 0 Å². The van der Waals surface area contributed by atoms with E-state index >= 15 is 0 Å². The number of aromatic amines is 1. The smallest absolute Gasteiger partial charge is 0.250 e. The van der Waals surface area contributed by atoms with Crippen LogP contribution in [0.3, 0.4) is 0 Å². The number of carbonyl (C=O) groups excluding carboxylic acids is 1. The molecular formula is C17H15N3O. The summed E-state index contributed by atoms with van der Waals surface area (Å²) in [6, 6.07) is 12.0. The third-order valence-corrected chi connectivity index (χ3v) is 3.27. The molecule has 0 saturated carbocycles. The molecule has 0 radical (unpaired) electrons. The van der Waals surface area contributed by atoms with Gasteiger partial charge in [0.15, 0.2) is 0 Å². The second-order valence-electron chi connectivity index (χ2n) is 4.92. The molecule has 2 N–H and O–H groups in total. The number of aromatic nitrogens is 2. The van der Waals surface area contributed by atoms with E-state index in [0.29, 0.717) is 11.3 Å². The van der Waals surface area contributed by atoms with E-state index in [-0.39, 0.29) is 5.91 Å². The van der Waals surface area contributed by atoms with Crippen LogP contribution in [-0.2, 0) is 4.79 Å². The monoisotopic (exact) mass is 277 g/mol. The Balaban J connectivity index is 2.04. The highest BCUT2D eigenvalue weighted by molar-refractivity contribution is 6.08. The number of fused-ring (bicyclic) bond motifs is 1. The fraction of sp³-hybridized carbons (Fsp3) is 0.0588. The van der Waals surface area contributed by atoms with Gasteiger partial charge in [0, 0.05) is 28.9 Å². The number of nitrogens with one attached hydrogen (secondary N) is 2. The van der Waals surface area contributed by atoms with Gasteiger partial charge in [-0.15, -0.1) is 0 Å². The van der Waals surface area contributed by atoms with Gasteiger partial charge in [-0.2, -0.15) is 0 Å². The zero-order valence-electron chi connectivity index (χ0n) is 11.7. The molecular weight excluding hydrogens is 262 g/mol. The summed E-state index contributed by atoms with van der Waals surface area (Å²) >= 11 is 0. The van der Waals surface area contributed by atoms with Gasteiger partial charge in [-0.3, -0.25) is 4.79 Å². The predicted molar refractivity (Wildman–Crippen MR) is 85.0 cm³/mol. The van der Waals surface area contributed by atoms with Crippen molar-refractivity contribution < 1.29 is 4.79 Å². The molecule has 1 amide bonds. The highest BCUT2D eigenvalue weighted by atomic mass is 16.1. The van der Waals surface area contributed by atoms with Gasteiger partial charge in [-0.25, -0.2) is 4.98 Å². The van der Waals surface area contributed by atoms with Crippen molar-refractivity contribution in [3.05, 3.63) is 60.9 Å². The van der Waals surface area contributed by atoms with Crippen molar-refractivity contribution in [2.24, 2.45) is 0 Å². The Morgan fingerprint density at radius 3 is 2.71 bits per heavy atom. The Kier molecular flexibility index (Phi) is 3.28. The van der Waals surface area contributed by atoms with Crippen molar-refractivity contribution in [3.8, 4) is 11.1 Å². The number of anilines is 1. The van der Waals surface area contributed by atoms with Gasteiger partial charge in [-0.05, 0) is 18.6 Å². The SMILES string of the molecule is C=C(C)C(=O)Nc1c[nH]c2ncc(-c3ccccc3)cc12. The van der Waals surface area contributed by atoms with E-state index in [0.717, 1.165) is 22.2 Å². The topological polar surface area (TPSA) is 57.8 Å². The summed E-state index contributed by atoms with van der Waals surface area (Å²) in [5.41, 5.74) is 4.02. The third-order valence-electron chi connectivity index (χ3n) is 3.27. The average Bonchev–Trinajstić information content (AvgIpc) is 2.90. The van der Waals surface area contributed by atoms with Crippen molar-refractivity contribution in [3.63, 3.8) is 0 Å². The van der Waals surface area contributed by atoms with E-state index in [1.54, 1.807) is 13.1 Å². The minimum atomic E-state index is -0.194. The summed E-state index contributed by atoms with van der Waals surface area (Å²) < 4.78 is 0. The molecule has 1 aromatic carbocycles. The van der Waals surface area contributed by atoms with Crippen molar-refractivity contribution >= 4 is 22.6 Å². The number of H-pyrrole nitrogens is 1. The molecule has 0 aliphatic carbocycles. The van der Waals surface area contributed by atoms with Gasteiger partial charge in [-0.1, -0.05) is 36.9 Å². The summed E-state index contributed by atoms with van der Waals surface area (Å²) in [6.07, 6.45) is 3.56. The van der Waals surface area contributed by atoms with Crippen LogP contribution in [0, 0.1) is 0 Å². The highest BCUT2D eigenvalue weighted by Crippen LogP contribution is 2.27. The summed E-state index contributed by atoms with van der Waals surface area (Å²) in [7, 11) is 0. The van der Waals surface area contributed by atoms with Crippen LogP contribution < -0.4 is 5.32 Å².